The van der Waals surface area contributed by atoms with Crippen LogP contribution in [-0.4, -0.2) is 55.5 Å². The smallest absolute Gasteiger partial charge is 0.0583 e. The van der Waals surface area contributed by atoms with Gasteiger partial charge in [-0.25, -0.2) is 0 Å². The first-order chi connectivity index (χ1) is 8.72. The summed E-state index contributed by atoms with van der Waals surface area (Å²) >= 11 is 0. The molecule has 3 fully saturated rings. The van der Waals surface area contributed by atoms with Crippen LogP contribution in [0.1, 0.15) is 25.7 Å². The summed E-state index contributed by atoms with van der Waals surface area (Å²) in [5.41, 5.74) is 6.17. The minimum absolute atomic E-state index is 0.0589. The maximum Gasteiger partial charge on any atom is 0.0583 e. The number of aliphatic hydroxyl groups is 1. The van der Waals surface area contributed by atoms with E-state index >= 15 is 0 Å². The van der Waals surface area contributed by atoms with E-state index in [0.717, 1.165) is 58.2 Å². The molecule has 104 valence electrons. The molecule has 0 radical (unpaired) electrons. The monoisotopic (exact) mass is 254 g/mol. The molecule has 1 saturated carbocycles. The lowest BCUT2D eigenvalue weighted by molar-refractivity contribution is -0.0204. The van der Waals surface area contributed by atoms with Crippen LogP contribution in [0.5, 0.6) is 0 Å². The Bertz CT molecular complexity index is 292. The molecule has 3 rings (SSSR count). The Balaban J connectivity index is 1.60. The number of nitrogens with two attached hydrogens (primary N) is 1. The number of likely N-dealkylation sites (tertiary alicyclic amines) is 1. The molecule has 3 N–H and O–H groups in total. The number of aliphatic hydroxyl groups excluding tert-OH is 1. The summed E-state index contributed by atoms with van der Waals surface area (Å²) in [6, 6.07) is 0. The van der Waals surface area contributed by atoms with Crippen molar-refractivity contribution in [2.24, 2.45) is 23.0 Å². The van der Waals surface area contributed by atoms with E-state index in [1.807, 2.05) is 0 Å². The van der Waals surface area contributed by atoms with Gasteiger partial charge in [-0.15, -0.1) is 0 Å². The van der Waals surface area contributed by atoms with Crippen LogP contribution in [-0.2, 0) is 4.74 Å². The van der Waals surface area contributed by atoms with Crippen molar-refractivity contribution in [3.8, 4) is 0 Å². The SMILES string of the molecule is NCC1(CN2CC3CCC(O)C3C2)CCCOC1. The fraction of sp³-hybridized carbons (Fsp3) is 1.00. The fourth-order valence-corrected chi connectivity index (χ4v) is 4.19. The number of hydrogen-bond acceptors (Lipinski definition) is 4. The van der Waals surface area contributed by atoms with E-state index in [1.165, 1.54) is 12.8 Å². The molecule has 4 nitrogen and oxygen atoms in total. The third-order valence-corrected chi connectivity index (χ3v) is 5.29. The number of ether oxygens (including phenoxy) is 1. The predicted molar refractivity (Wildman–Crippen MR) is 70.2 cm³/mol. The van der Waals surface area contributed by atoms with Gasteiger partial charge in [-0.05, 0) is 31.6 Å². The molecule has 4 unspecified atom stereocenters. The quantitative estimate of drug-likeness (QED) is 0.767. The van der Waals surface area contributed by atoms with E-state index in [-0.39, 0.29) is 11.5 Å². The zero-order chi connectivity index (χ0) is 12.6. The van der Waals surface area contributed by atoms with Crippen LogP contribution in [0.3, 0.4) is 0 Å². The number of fused-ring (bicyclic) bond motifs is 1. The maximum atomic E-state index is 9.97. The third-order valence-electron chi connectivity index (χ3n) is 5.29. The highest BCUT2D eigenvalue weighted by Gasteiger charge is 2.44. The Labute approximate surface area is 109 Å². The summed E-state index contributed by atoms with van der Waals surface area (Å²) in [5.74, 6) is 1.24. The Morgan fingerprint density at radius 1 is 1.33 bits per heavy atom. The zero-order valence-electron chi connectivity index (χ0n) is 11.2. The molecular weight excluding hydrogens is 228 g/mol. The largest absolute Gasteiger partial charge is 0.393 e. The first-order valence-corrected chi connectivity index (χ1v) is 7.41. The first kappa shape index (κ1) is 12.9. The van der Waals surface area contributed by atoms with Crippen LogP contribution in [0.2, 0.25) is 0 Å². The molecule has 0 amide bonds. The molecule has 4 atom stereocenters. The van der Waals surface area contributed by atoms with Crippen molar-refractivity contribution in [2.75, 3.05) is 39.4 Å². The minimum Gasteiger partial charge on any atom is -0.393 e. The number of rotatable bonds is 3. The fourth-order valence-electron chi connectivity index (χ4n) is 4.19. The molecule has 4 heteroatoms. The average Bonchev–Trinajstić information content (AvgIpc) is 2.93. The van der Waals surface area contributed by atoms with Gasteiger partial charge in [0.25, 0.3) is 0 Å². The molecule has 1 aliphatic carbocycles. The van der Waals surface area contributed by atoms with Gasteiger partial charge in [0.1, 0.15) is 0 Å². The van der Waals surface area contributed by atoms with Crippen molar-refractivity contribution < 1.29 is 9.84 Å². The van der Waals surface area contributed by atoms with Crippen molar-refractivity contribution in [1.82, 2.24) is 4.90 Å². The van der Waals surface area contributed by atoms with Gasteiger partial charge in [-0.2, -0.15) is 0 Å². The van der Waals surface area contributed by atoms with Gasteiger partial charge in [-0.1, -0.05) is 0 Å². The zero-order valence-corrected chi connectivity index (χ0v) is 11.2. The van der Waals surface area contributed by atoms with Crippen molar-refractivity contribution in [3.05, 3.63) is 0 Å². The van der Waals surface area contributed by atoms with Gasteiger partial charge in [0.2, 0.25) is 0 Å². The Morgan fingerprint density at radius 3 is 2.89 bits per heavy atom. The summed E-state index contributed by atoms with van der Waals surface area (Å²) in [6.45, 7) is 5.71. The van der Waals surface area contributed by atoms with Crippen molar-refractivity contribution in [1.29, 1.82) is 0 Å². The van der Waals surface area contributed by atoms with Crippen LogP contribution < -0.4 is 5.73 Å². The molecule has 0 bridgehead atoms. The van der Waals surface area contributed by atoms with E-state index in [2.05, 4.69) is 4.90 Å². The van der Waals surface area contributed by atoms with E-state index in [1.54, 1.807) is 0 Å². The lowest BCUT2D eigenvalue weighted by atomic mass is 9.82. The number of hydrogen-bond donors (Lipinski definition) is 2. The molecule has 3 aliphatic rings. The van der Waals surface area contributed by atoms with Gasteiger partial charge >= 0.3 is 0 Å². The topological polar surface area (TPSA) is 58.7 Å². The molecule has 0 aromatic rings. The summed E-state index contributed by atoms with van der Waals surface area (Å²) in [7, 11) is 0. The normalized spacial score (nSPS) is 45.3. The van der Waals surface area contributed by atoms with Gasteiger partial charge in [-0.3, -0.25) is 0 Å². The van der Waals surface area contributed by atoms with Crippen LogP contribution >= 0.6 is 0 Å². The van der Waals surface area contributed by atoms with Crippen LogP contribution in [0.15, 0.2) is 0 Å². The van der Waals surface area contributed by atoms with E-state index < -0.39 is 0 Å². The highest BCUT2D eigenvalue weighted by molar-refractivity contribution is 4.96. The van der Waals surface area contributed by atoms with E-state index in [4.69, 9.17) is 10.5 Å². The van der Waals surface area contributed by atoms with Crippen LogP contribution in [0.25, 0.3) is 0 Å². The number of nitrogens with zero attached hydrogens (tertiary/aromatic N) is 1. The molecule has 0 spiro atoms. The highest BCUT2D eigenvalue weighted by atomic mass is 16.5. The minimum atomic E-state index is -0.0589. The Morgan fingerprint density at radius 2 is 2.22 bits per heavy atom. The van der Waals surface area contributed by atoms with Gasteiger partial charge in [0.15, 0.2) is 0 Å². The third kappa shape index (κ3) is 2.31. The van der Waals surface area contributed by atoms with Crippen LogP contribution in [0, 0.1) is 17.3 Å². The molecular formula is C14H26N2O2. The summed E-state index contributed by atoms with van der Waals surface area (Å²) in [6.07, 6.45) is 4.48. The molecule has 2 heterocycles. The first-order valence-electron chi connectivity index (χ1n) is 7.41. The van der Waals surface area contributed by atoms with Gasteiger partial charge in [0.05, 0.1) is 12.7 Å². The maximum absolute atomic E-state index is 9.97. The van der Waals surface area contributed by atoms with Crippen molar-refractivity contribution >= 4 is 0 Å². The standard InChI is InChI=1S/C14H26N2O2/c15-8-14(4-1-5-18-10-14)9-16-6-11-2-3-13(17)12(11)7-16/h11-13,17H,1-10,15H2. The molecule has 0 aromatic heterocycles. The van der Waals surface area contributed by atoms with Crippen molar-refractivity contribution in [2.45, 2.75) is 31.8 Å². The summed E-state index contributed by atoms with van der Waals surface area (Å²) in [4.78, 5) is 2.53. The second kappa shape index (κ2) is 5.08. The Hall–Kier alpha value is -0.160. The predicted octanol–water partition coefficient (Wildman–Crippen LogP) is 0.445. The van der Waals surface area contributed by atoms with E-state index in [9.17, 15) is 5.11 Å². The highest BCUT2D eigenvalue weighted by Crippen LogP contribution is 2.40. The lowest BCUT2D eigenvalue weighted by Crippen LogP contribution is -2.47. The molecule has 2 aliphatic heterocycles. The summed E-state index contributed by atoms with van der Waals surface area (Å²) < 4.78 is 5.65. The molecule has 2 saturated heterocycles. The van der Waals surface area contributed by atoms with Crippen LogP contribution in [0.4, 0.5) is 0 Å². The average molecular weight is 254 g/mol. The Kier molecular flexibility index (Phi) is 3.63. The molecule has 0 aromatic carbocycles. The van der Waals surface area contributed by atoms with Crippen molar-refractivity contribution in [3.63, 3.8) is 0 Å². The second-order valence-corrected chi connectivity index (χ2v) is 6.62. The molecule has 18 heavy (non-hydrogen) atoms. The van der Waals surface area contributed by atoms with E-state index in [0.29, 0.717) is 5.92 Å². The lowest BCUT2D eigenvalue weighted by Gasteiger charge is -2.39. The second-order valence-electron chi connectivity index (χ2n) is 6.62. The van der Waals surface area contributed by atoms with Gasteiger partial charge in [0, 0.05) is 44.1 Å². The van der Waals surface area contributed by atoms with Gasteiger partial charge < -0.3 is 20.5 Å². The summed E-state index contributed by atoms with van der Waals surface area (Å²) in [5, 5.41) is 9.97.